The lowest BCUT2D eigenvalue weighted by atomic mass is 10.2. The predicted molar refractivity (Wildman–Crippen MR) is 88.9 cm³/mol. The molecule has 2 amide bonds. The average Bonchev–Trinajstić information content (AvgIpc) is 2.49. The number of amides is 2. The van der Waals surface area contributed by atoms with E-state index in [1.807, 2.05) is 20.8 Å². The normalized spacial score (nSPS) is 12.0. The summed E-state index contributed by atoms with van der Waals surface area (Å²) in [6.45, 7) is 6.23. The summed E-state index contributed by atoms with van der Waals surface area (Å²) in [7, 11) is 0. The molecule has 7 heteroatoms. The van der Waals surface area contributed by atoms with Crippen LogP contribution in [-0.4, -0.2) is 30.7 Å². The number of nitrogens with one attached hydrogen (secondary N) is 2. The molecule has 0 heterocycles. The van der Waals surface area contributed by atoms with Crippen LogP contribution in [0.5, 0.6) is 5.75 Å². The first-order chi connectivity index (χ1) is 10.5. The molecule has 22 heavy (non-hydrogen) atoms. The Bertz CT molecular complexity index is 561. The van der Waals surface area contributed by atoms with Gasteiger partial charge in [0.05, 0.1) is 17.3 Å². The van der Waals surface area contributed by atoms with Crippen LogP contribution < -0.4 is 15.5 Å². The summed E-state index contributed by atoms with van der Waals surface area (Å²) in [5, 5.41) is 6.33. The molecule has 0 unspecified atom stereocenters. The molecule has 0 saturated heterocycles. The second kappa shape index (κ2) is 9.19. The van der Waals surface area contributed by atoms with Gasteiger partial charge in [-0.2, -0.15) is 5.10 Å². The van der Waals surface area contributed by atoms with Gasteiger partial charge in [0.1, 0.15) is 5.75 Å². The van der Waals surface area contributed by atoms with Crippen LogP contribution >= 0.6 is 15.9 Å². The number of hydrazone groups is 1. The lowest BCUT2D eigenvalue weighted by Gasteiger charge is -2.09. The molecule has 1 aromatic rings. The Balaban J connectivity index is 2.57. The van der Waals surface area contributed by atoms with E-state index in [0.717, 1.165) is 22.2 Å². The fourth-order valence-corrected chi connectivity index (χ4v) is 1.99. The van der Waals surface area contributed by atoms with Gasteiger partial charge >= 0.3 is 11.8 Å². The first kappa shape index (κ1) is 18.2. The van der Waals surface area contributed by atoms with Gasteiger partial charge in [0, 0.05) is 6.04 Å². The minimum Gasteiger partial charge on any atom is -0.493 e. The van der Waals surface area contributed by atoms with Gasteiger partial charge in [0.2, 0.25) is 0 Å². The summed E-state index contributed by atoms with van der Waals surface area (Å²) >= 11 is 3.39. The Hall–Kier alpha value is -1.89. The smallest absolute Gasteiger partial charge is 0.329 e. The van der Waals surface area contributed by atoms with E-state index < -0.39 is 11.8 Å². The highest BCUT2D eigenvalue weighted by molar-refractivity contribution is 9.10. The Labute approximate surface area is 138 Å². The molecule has 0 aliphatic carbocycles. The summed E-state index contributed by atoms with van der Waals surface area (Å²) in [6, 6.07) is 5.35. The zero-order chi connectivity index (χ0) is 16.5. The highest BCUT2D eigenvalue weighted by Gasteiger charge is 2.14. The first-order valence-electron chi connectivity index (χ1n) is 7.04. The molecule has 1 rings (SSSR count). The lowest BCUT2D eigenvalue weighted by molar-refractivity contribution is -0.139. The molecule has 0 aromatic heterocycles. The third-order valence-corrected chi connectivity index (χ3v) is 3.45. The van der Waals surface area contributed by atoms with Crippen molar-refractivity contribution in [3.05, 3.63) is 28.2 Å². The van der Waals surface area contributed by atoms with Crippen LogP contribution in [-0.2, 0) is 9.59 Å². The third-order valence-electron chi connectivity index (χ3n) is 2.83. The molecule has 120 valence electrons. The SMILES string of the molecule is CCOc1ccc(/C=N\NC(=O)C(=O)N[C@@H](C)CC)cc1Br. The number of halogens is 1. The van der Waals surface area contributed by atoms with Gasteiger partial charge in [-0.05, 0) is 60.0 Å². The summed E-state index contributed by atoms with van der Waals surface area (Å²) in [5.41, 5.74) is 2.95. The van der Waals surface area contributed by atoms with Crippen molar-refractivity contribution in [2.45, 2.75) is 33.2 Å². The number of carbonyl (C=O) groups excluding carboxylic acids is 2. The highest BCUT2D eigenvalue weighted by atomic mass is 79.9. The molecule has 1 atom stereocenters. The second-order valence-corrected chi connectivity index (χ2v) is 5.46. The standard InChI is InChI=1S/C15H20BrN3O3/c1-4-10(3)18-14(20)15(21)19-17-9-11-6-7-13(22-5-2)12(16)8-11/h6-10H,4-5H2,1-3H3,(H,18,20)(H,19,21)/b17-9-/t10-/m0/s1. The summed E-state index contributed by atoms with van der Waals surface area (Å²) in [6.07, 6.45) is 2.21. The van der Waals surface area contributed by atoms with E-state index in [9.17, 15) is 9.59 Å². The van der Waals surface area contributed by atoms with Crippen molar-refractivity contribution in [1.29, 1.82) is 0 Å². The topological polar surface area (TPSA) is 79.8 Å². The first-order valence-corrected chi connectivity index (χ1v) is 7.83. The van der Waals surface area contributed by atoms with Crippen LogP contribution in [0.15, 0.2) is 27.8 Å². The molecular formula is C15H20BrN3O3. The second-order valence-electron chi connectivity index (χ2n) is 4.60. The molecule has 0 saturated carbocycles. The number of hydrogen-bond donors (Lipinski definition) is 2. The van der Waals surface area contributed by atoms with Crippen LogP contribution in [0.1, 0.15) is 32.8 Å². The van der Waals surface area contributed by atoms with E-state index in [1.165, 1.54) is 6.21 Å². The summed E-state index contributed by atoms with van der Waals surface area (Å²) in [4.78, 5) is 23.0. The quantitative estimate of drug-likeness (QED) is 0.458. The number of hydrogen-bond acceptors (Lipinski definition) is 4. The van der Waals surface area contributed by atoms with Crippen LogP contribution in [0.25, 0.3) is 0 Å². The Morgan fingerprint density at radius 3 is 2.68 bits per heavy atom. The van der Waals surface area contributed by atoms with Gasteiger partial charge < -0.3 is 10.1 Å². The van der Waals surface area contributed by atoms with Crippen molar-refractivity contribution < 1.29 is 14.3 Å². The highest BCUT2D eigenvalue weighted by Crippen LogP contribution is 2.25. The van der Waals surface area contributed by atoms with E-state index >= 15 is 0 Å². The molecule has 2 N–H and O–H groups in total. The predicted octanol–water partition coefficient (Wildman–Crippen LogP) is 2.21. The largest absolute Gasteiger partial charge is 0.493 e. The van der Waals surface area contributed by atoms with Crippen molar-refractivity contribution in [2.24, 2.45) is 5.10 Å². The summed E-state index contributed by atoms with van der Waals surface area (Å²) < 4.78 is 6.19. The molecule has 0 aliphatic rings. The van der Waals surface area contributed by atoms with E-state index in [4.69, 9.17) is 4.74 Å². The molecular weight excluding hydrogens is 350 g/mol. The fourth-order valence-electron chi connectivity index (χ4n) is 1.48. The number of nitrogens with zero attached hydrogens (tertiary/aromatic N) is 1. The Morgan fingerprint density at radius 2 is 2.09 bits per heavy atom. The molecule has 0 bridgehead atoms. The Kier molecular flexibility index (Phi) is 7.59. The monoisotopic (exact) mass is 369 g/mol. The van der Waals surface area contributed by atoms with Crippen LogP contribution in [0, 0.1) is 0 Å². The third kappa shape index (κ3) is 5.85. The van der Waals surface area contributed by atoms with Crippen LogP contribution in [0.4, 0.5) is 0 Å². The van der Waals surface area contributed by atoms with Crippen LogP contribution in [0.3, 0.4) is 0 Å². The molecule has 6 nitrogen and oxygen atoms in total. The van der Waals surface area contributed by atoms with E-state index in [-0.39, 0.29) is 6.04 Å². The van der Waals surface area contributed by atoms with Crippen LogP contribution in [0.2, 0.25) is 0 Å². The molecule has 0 fully saturated rings. The molecule has 0 spiro atoms. The minimum absolute atomic E-state index is 0.0516. The maximum atomic E-state index is 11.5. The van der Waals surface area contributed by atoms with Crippen molar-refractivity contribution in [3.8, 4) is 5.75 Å². The Morgan fingerprint density at radius 1 is 1.36 bits per heavy atom. The summed E-state index contributed by atoms with van der Waals surface area (Å²) in [5.74, 6) is -0.752. The van der Waals surface area contributed by atoms with Gasteiger partial charge in [-0.15, -0.1) is 0 Å². The van der Waals surface area contributed by atoms with Gasteiger partial charge in [-0.3, -0.25) is 9.59 Å². The zero-order valence-electron chi connectivity index (χ0n) is 12.9. The van der Waals surface area contributed by atoms with Gasteiger partial charge in [-0.1, -0.05) is 6.92 Å². The van der Waals surface area contributed by atoms with E-state index in [1.54, 1.807) is 18.2 Å². The molecule has 0 aliphatic heterocycles. The number of benzene rings is 1. The lowest BCUT2D eigenvalue weighted by Crippen LogP contribution is -2.41. The average molecular weight is 370 g/mol. The maximum Gasteiger partial charge on any atom is 0.329 e. The van der Waals surface area contributed by atoms with Crippen molar-refractivity contribution in [3.63, 3.8) is 0 Å². The van der Waals surface area contributed by atoms with Gasteiger partial charge in [0.15, 0.2) is 0 Å². The van der Waals surface area contributed by atoms with Crippen molar-refractivity contribution in [1.82, 2.24) is 10.7 Å². The maximum absolute atomic E-state index is 11.5. The number of rotatable bonds is 6. The number of carbonyl (C=O) groups is 2. The number of ether oxygens (including phenoxy) is 1. The van der Waals surface area contributed by atoms with Crippen molar-refractivity contribution >= 4 is 34.0 Å². The van der Waals surface area contributed by atoms with Crippen molar-refractivity contribution in [2.75, 3.05) is 6.61 Å². The minimum atomic E-state index is -0.790. The van der Waals surface area contributed by atoms with Gasteiger partial charge in [0.25, 0.3) is 0 Å². The van der Waals surface area contributed by atoms with Gasteiger partial charge in [-0.25, -0.2) is 5.43 Å². The molecule has 0 radical (unpaired) electrons. The van der Waals surface area contributed by atoms with E-state index in [0.29, 0.717) is 6.61 Å². The fraction of sp³-hybridized carbons (Fsp3) is 0.400. The van der Waals surface area contributed by atoms with E-state index in [2.05, 4.69) is 31.8 Å². The molecule has 1 aromatic carbocycles. The zero-order valence-corrected chi connectivity index (χ0v) is 14.4.